The van der Waals surface area contributed by atoms with E-state index in [4.69, 9.17) is 0 Å². The maximum absolute atomic E-state index is 13.4. The average molecular weight is 455 g/mol. The highest BCUT2D eigenvalue weighted by Crippen LogP contribution is 2.50. The Morgan fingerprint density at radius 1 is 1.28 bits per heavy atom. The van der Waals surface area contributed by atoms with Crippen LogP contribution in [0.3, 0.4) is 0 Å². The predicted octanol–water partition coefficient (Wildman–Crippen LogP) is 4.58. The van der Waals surface area contributed by atoms with Crippen LogP contribution in [0.5, 0.6) is 0 Å². The minimum Gasteiger partial charge on any atom is -0.349 e. The molecule has 1 N–H and O–H groups in total. The molecule has 180 valence electrons. The molecule has 1 aliphatic heterocycles. The Hall–Kier alpha value is -1.83. The van der Waals surface area contributed by atoms with E-state index in [1.165, 1.54) is 6.20 Å². The van der Waals surface area contributed by atoms with Crippen molar-refractivity contribution in [3.8, 4) is 0 Å². The second-order valence-electron chi connectivity index (χ2n) is 11.0. The lowest BCUT2D eigenvalue weighted by Gasteiger charge is -2.51. The van der Waals surface area contributed by atoms with Crippen molar-refractivity contribution in [2.24, 2.45) is 16.7 Å². The Morgan fingerprint density at radius 3 is 2.59 bits per heavy atom. The van der Waals surface area contributed by atoms with Crippen molar-refractivity contribution in [2.75, 3.05) is 31.1 Å². The van der Waals surface area contributed by atoms with Crippen molar-refractivity contribution < 1.29 is 18.0 Å². The van der Waals surface area contributed by atoms with Crippen molar-refractivity contribution in [3.05, 3.63) is 23.9 Å². The van der Waals surface area contributed by atoms with Crippen LogP contribution in [0.15, 0.2) is 18.3 Å². The molecule has 1 saturated heterocycles. The SMILES string of the molecule is CC(C)[C@]1(C2CN(C=O)CCN2c2cc(C(F)(F)F)ccn2)CC[C@@H](NCC(C)(C)C)C1. The lowest BCUT2D eigenvalue weighted by atomic mass is 9.68. The molecule has 1 unspecified atom stereocenters. The Labute approximate surface area is 189 Å². The van der Waals surface area contributed by atoms with Crippen LogP contribution in [0, 0.1) is 16.7 Å². The van der Waals surface area contributed by atoms with Crippen LogP contribution < -0.4 is 10.2 Å². The third-order valence-corrected chi connectivity index (χ3v) is 7.25. The predicted molar refractivity (Wildman–Crippen MR) is 120 cm³/mol. The maximum atomic E-state index is 13.4. The number of nitrogens with one attached hydrogen (secondary N) is 1. The molecule has 5 nitrogen and oxygen atoms in total. The topological polar surface area (TPSA) is 48.5 Å². The van der Waals surface area contributed by atoms with Gasteiger partial charge in [0.15, 0.2) is 0 Å². The van der Waals surface area contributed by atoms with Gasteiger partial charge in [-0.15, -0.1) is 0 Å². The summed E-state index contributed by atoms with van der Waals surface area (Å²) in [7, 11) is 0. The molecule has 2 heterocycles. The zero-order valence-corrected chi connectivity index (χ0v) is 19.9. The first-order chi connectivity index (χ1) is 14.9. The van der Waals surface area contributed by atoms with Crippen LogP contribution in [0.1, 0.15) is 59.4 Å². The highest BCUT2D eigenvalue weighted by molar-refractivity contribution is 5.51. The lowest BCUT2D eigenvalue weighted by Crippen LogP contribution is -2.61. The van der Waals surface area contributed by atoms with Crippen molar-refractivity contribution in [1.29, 1.82) is 0 Å². The van der Waals surface area contributed by atoms with Crippen LogP contribution in [0.4, 0.5) is 19.0 Å². The van der Waals surface area contributed by atoms with E-state index >= 15 is 0 Å². The quantitative estimate of drug-likeness (QED) is 0.640. The van der Waals surface area contributed by atoms with Gasteiger partial charge in [-0.3, -0.25) is 4.79 Å². The second kappa shape index (κ2) is 9.20. The number of hydrogen-bond acceptors (Lipinski definition) is 4. The van der Waals surface area contributed by atoms with Gasteiger partial charge >= 0.3 is 6.18 Å². The number of pyridine rings is 1. The van der Waals surface area contributed by atoms with Gasteiger partial charge in [0.2, 0.25) is 6.41 Å². The van der Waals surface area contributed by atoms with Crippen molar-refractivity contribution in [1.82, 2.24) is 15.2 Å². The van der Waals surface area contributed by atoms with Gasteiger partial charge in [0.25, 0.3) is 0 Å². The van der Waals surface area contributed by atoms with Crippen LogP contribution in [0.25, 0.3) is 0 Å². The molecular formula is C24H37F3N4O. The Balaban J connectivity index is 1.93. The number of aromatic nitrogens is 1. The first-order valence-corrected chi connectivity index (χ1v) is 11.6. The normalized spacial score (nSPS) is 27.3. The standard InChI is InChI=1S/C24H37F3N4O/c1-17(2)23(8-6-19(13-23)29-15-22(3,4)5)20-14-30(16-32)10-11-31(20)21-12-18(7-9-28-21)24(25,26)27/h7,9,12,16-17,19-20,29H,6,8,10-11,13-15H2,1-5H3/t19-,20?,23+/m1/s1. The minimum absolute atomic E-state index is 0.0844. The molecule has 1 saturated carbocycles. The summed E-state index contributed by atoms with van der Waals surface area (Å²) in [6.07, 6.45) is 0.624. The molecule has 3 rings (SSSR count). The summed E-state index contributed by atoms with van der Waals surface area (Å²) >= 11 is 0. The summed E-state index contributed by atoms with van der Waals surface area (Å²) in [5.41, 5.74) is -0.627. The molecule has 2 aliphatic rings. The number of anilines is 1. The molecule has 1 amide bonds. The molecule has 0 bridgehead atoms. The van der Waals surface area contributed by atoms with Gasteiger partial charge < -0.3 is 15.1 Å². The average Bonchev–Trinajstić information content (AvgIpc) is 3.16. The van der Waals surface area contributed by atoms with Gasteiger partial charge in [-0.1, -0.05) is 34.6 Å². The Morgan fingerprint density at radius 2 is 2.00 bits per heavy atom. The zero-order valence-electron chi connectivity index (χ0n) is 19.9. The highest BCUT2D eigenvalue weighted by Gasteiger charge is 2.51. The summed E-state index contributed by atoms with van der Waals surface area (Å²) in [6.45, 7) is 13.4. The Bertz CT molecular complexity index is 792. The fraction of sp³-hybridized carbons (Fsp3) is 0.750. The number of hydrogen-bond donors (Lipinski definition) is 1. The van der Waals surface area contributed by atoms with E-state index in [9.17, 15) is 18.0 Å². The summed E-state index contributed by atoms with van der Waals surface area (Å²) in [5, 5.41) is 3.71. The molecule has 1 aromatic heterocycles. The maximum Gasteiger partial charge on any atom is 0.416 e. The number of carbonyl (C=O) groups is 1. The fourth-order valence-electron chi connectivity index (χ4n) is 5.36. The first kappa shape index (κ1) is 24.8. The lowest BCUT2D eigenvalue weighted by molar-refractivity contribution is -0.137. The van der Waals surface area contributed by atoms with E-state index in [0.717, 1.165) is 44.4 Å². The van der Waals surface area contributed by atoms with E-state index in [0.29, 0.717) is 37.4 Å². The molecule has 8 heteroatoms. The van der Waals surface area contributed by atoms with E-state index in [1.54, 1.807) is 4.90 Å². The molecular weight excluding hydrogens is 417 g/mol. The number of amides is 1. The molecule has 1 aliphatic carbocycles. The third kappa shape index (κ3) is 5.38. The van der Waals surface area contributed by atoms with E-state index in [1.807, 2.05) is 4.90 Å². The molecule has 1 aromatic rings. The number of halogens is 3. The van der Waals surface area contributed by atoms with Gasteiger partial charge in [0, 0.05) is 38.4 Å². The third-order valence-electron chi connectivity index (χ3n) is 7.25. The van der Waals surface area contributed by atoms with E-state index in [-0.39, 0.29) is 16.9 Å². The molecule has 32 heavy (non-hydrogen) atoms. The molecule has 0 spiro atoms. The van der Waals surface area contributed by atoms with Crippen LogP contribution in [0.2, 0.25) is 0 Å². The van der Waals surface area contributed by atoms with Crippen LogP contribution >= 0.6 is 0 Å². The zero-order chi connectivity index (χ0) is 23.7. The van der Waals surface area contributed by atoms with Gasteiger partial charge in [-0.25, -0.2) is 4.98 Å². The number of nitrogens with zero attached hydrogens (tertiary/aromatic N) is 3. The van der Waals surface area contributed by atoms with Crippen molar-refractivity contribution in [2.45, 2.75) is 72.1 Å². The number of rotatable bonds is 6. The smallest absolute Gasteiger partial charge is 0.349 e. The largest absolute Gasteiger partial charge is 0.416 e. The van der Waals surface area contributed by atoms with Gasteiger partial charge in [0.1, 0.15) is 5.82 Å². The van der Waals surface area contributed by atoms with Crippen LogP contribution in [-0.4, -0.2) is 54.6 Å². The summed E-state index contributed by atoms with van der Waals surface area (Å²) in [5.74, 6) is 0.662. The van der Waals surface area contributed by atoms with Gasteiger partial charge in [0.05, 0.1) is 11.6 Å². The monoisotopic (exact) mass is 454 g/mol. The van der Waals surface area contributed by atoms with Crippen LogP contribution in [-0.2, 0) is 11.0 Å². The first-order valence-electron chi connectivity index (χ1n) is 11.6. The highest BCUT2D eigenvalue weighted by atomic mass is 19.4. The molecule has 0 radical (unpaired) electrons. The van der Waals surface area contributed by atoms with E-state index in [2.05, 4.69) is 44.9 Å². The minimum atomic E-state index is -4.41. The number of piperazine rings is 1. The van der Waals surface area contributed by atoms with Gasteiger partial charge in [-0.05, 0) is 48.1 Å². The summed E-state index contributed by atoms with van der Waals surface area (Å²) in [4.78, 5) is 19.7. The molecule has 3 atom stereocenters. The second-order valence-corrected chi connectivity index (χ2v) is 11.0. The van der Waals surface area contributed by atoms with E-state index < -0.39 is 11.7 Å². The van der Waals surface area contributed by atoms with Crippen molar-refractivity contribution in [3.63, 3.8) is 0 Å². The Kier molecular flexibility index (Phi) is 7.13. The number of carbonyl (C=O) groups excluding carboxylic acids is 1. The molecule has 2 fully saturated rings. The van der Waals surface area contributed by atoms with Crippen molar-refractivity contribution >= 4 is 12.2 Å². The summed E-state index contributed by atoms with van der Waals surface area (Å²) < 4.78 is 40.1. The molecule has 0 aromatic carbocycles. The fourth-order valence-corrected chi connectivity index (χ4v) is 5.36. The van der Waals surface area contributed by atoms with Gasteiger partial charge in [-0.2, -0.15) is 13.2 Å². The number of alkyl halides is 3. The summed E-state index contributed by atoms with van der Waals surface area (Å²) in [6, 6.07) is 2.45.